The van der Waals surface area contributed by atoms with E-state index in [0.29, 0.717) is 5.70 Å². The van der Waals surface area contributed by atoms with E-state index < -0.39 is 0 Å². The molecule has 1 aromatic rings. The van der Waals surface area contributed by atoms with Crippen molar-refractivity contribution < 1.29 is 0 Å². The van der Waals surface area contributed by atoms with E-state index in [1.807, 2.05) is 45.0 Å². The van der Waals surface area contributed by atoms with Gasteiger partial charge in [0, 0.05) is 5.70 Å². The third-order valence-electron chi connectivity index (χ3n) is 2.77. The lowest BCUT2D eigenvalue weighted by Gasteiger charge is -2.01. The Balaban J connectivity index is 0.000000308. The summed E-state index contributed by atoms with van der Waals surface area (Å²) in [6, 6.07) is 7.94. The van der Waals surface area contributed by atoms with E-state index >= 15 is 0 Å². The second kappa shape index (κ2) is 8.57. The van der Waals surface area contributed by atoms with Crippen LogP contribution >= 0.6 is 0 Å². The number of nitrogens with two attached hydrogens (primary N) is 1. The molecule has 0 atom stereocenters. The fourth-order valence-corrected chi connectivity index (χ4v) is 1.51. The van der Waals surface area contributed by atoms with Crippen LogP contribution in [0.4, 0.5) is 0 Å². The van der Waals surface area contributed by atoms with Crippen LogP contribution in [0.2, 0.25) is 0 Å². The molecule has 0 saturated heterocycles. The zero-order valence-electron chi connectivity index (χ0n) is 12.3. The smallest absolute Gasteiger partial charge is 0.0317 e. The van der Waals surface area contributed by atoms with Crippen LogP contribution in [0.1, 0.15) is 44.7 Å². The maximum Gasteiger partial charge on any atom is 0.0317 e. The summed E-state index contributed by atoms with van der Waals surface area (Å²) >= 11 is 0. The van der Waals surface area contributed by atoms with Gasteiger partial charge in [0.05, 0.1) is 0 Å². The Labute approximate surface area is 112 Å². The van der Waals surface area contributed by atoms with Crippen LogP contribution in [0.3, 0.4) is 0 Å². The first-order valence-electron chi connectivity index (χ1n) is 6.68. The van der Waals surface area contributed by atoms with Gasteiger partial charge in [0.2, 0.25) is 0 Å². The molecule has 0 spiro atoms. The van der Waals surface area contributed by atoms with Gasteiger partial charge in [-0.25, -0.2) is 0 Å². The number of allylic oxidation sites excluding steroid dienone is 1. The lowest BCUT2D eigenvalue weighted by Crippen LogP contribution is -1.95. The van der Waals surface area contributed by atoms with E-state index in [9.17, 15) is 0 Å². The number of benzene rings is 1. The van der Waals surface area contributed by atoms with E-state index in [4.69, 9.17) is 5.73 Å². The van der Waals surface area contributed by atoms with Crippen molar-refractivity contribution in [2.24, 2.45) is 11.7 Å². The molecular formula is C17H27N. The predicted octanol–water partition coefficient (Wildman–Crippen LogP) is 4.92. The predicted molar refractivity (Wildman–Crippen MR) is 83.3 cm³/mol. The van der Waals surface area contributed by atoms with Crippen LogP contribution in [0.5, 0.6) is 0 Å². The Kier molecular flexibility index (Phi) is 7.86. The fourth-order valence-electron chi connectivity index (χ4n) is 1.51. The van der Waals surface area contributed by atoms with Gasteiger partial charge in [-0.1, -0.05) is 56.8 Å². The topological polar surface area (TPSA) is 26.0 Å². The van der Waals surface area contributed by atoms with E-state index in [1.54, 1.807) is 0 Å². The van der Waals surface area contributed by atoms with Crippen molar-refractivity contribution in [3.05, 3.63) is 54.1 Å². The molecule has 0 radical (unpaired) electrons. The zero-order valence-corrected chi connectivity index (χ0v) is 12.3. The molecule has 100 valence electrons. The van der Waals surface area contributed by atoms with Crippen molar-refractivity contribution >= 4 is 5.70 Å². The summed E-state index contributed by atoms with van der Waals surface area (Å²) in [5, 5.41) is 0. The first kappa shape index (κ1) is 16.5. The molecule has 1 saturated carbocycles. The largest absolute Gasteiger partial charge is 0.399 e. The lowest BCUT2D eigenvalue weighted by atomic mass is 10.1. The summed E-state index contributed by atoms with van der Waals surface area (Å²) in [6.07, 6.45) is 2.80. The molecule has 1 fully saturated rings. The Morgan fingerprint density at radius 3 is 1.89 bits per heavy atom. The molecule has 0 aliphatic heterocycles. The van der Waals surface area contributed by atoms with Crippen LogP contribution in [0.15, 0.2) is 43.0 Å². The van der Waals surface area contributed by atoms with Crippen molar-refractivity contribution in [1.29, 1.82) is 0 Å². The molecule has 1 aromatic carbocycles. The molecule has 1 aliphatic carbocycles. The molecule has 1 aliphatic rings. The average molecular weight is 245 g/mol. The maximum atomic E-state index is 5.52. The van der Waals surface area contributed by atoms with E-state index in [1.165, 1.54) is 24.0 Å². The van der Waals surface area contributed by atoms with Crippen molar-refractivity contribution in [1.82, 2.24) is 0 Å². The van der Waals surface area contributed by atoms with Gasteiger partial charge in [-0.2, -0.15) is 0 Å². The Bertz CT molecular complexity index is 386. The fraction of sp³-hybridized carbons (Fsp3) is 0.412. The second-order valence-corrected chi connectivity index (χ2v) is 4.46. The van der Waals surface area contributed by atoms with Gasteiger partial charge in [0.15, 0.2) is 0 Å². The standard InChI is InChI=1S/C9H11N.C6H10.C2H6/c1-7-5-3-4-6-9(7)8(2)10;1-5(2)6-3-4-6;1-2/h3-6H,2,10H2,1H3;6H,1,3-4H2,2H3;1-2H3. The first-order chi connectivity index (χ1) is 8.52. The minimum atomic E-state index is 0.637. The van der Waals surface area contributed by atoms with Crippen LogP contribution in [0, 0.1) is 12.8 Å². The van der Waals surface area contributed by atoms with Crippen LogP contribution in [-0.2, 0) is 0 Å². The van der Waals surface area contributed by atoms with Crippen LogP contribution in [0.25, 0.3) is 5.70 Å². The lowest BCUT2D eigenvalue weighted by molar-refractivity contribution is 1.02. The van der Waals surface area contributed by atoms with E-state index in [2.05, 4.69) is 20.1 Å². The average Bonchev–Trinajstić information content (AvgIpc) is 3.16. The van der Waals surface area contributed by atoms with Gasteiger partial charge in [-0.15, -0.1) is 0 Å². The SMILES string of the molecule is C=C(C)C1CC1.C=C(N)c1ccccc1C.CC. The van der Waals surface area contributed by atoms with Gasteiger partial charge in [0.25, 0.3) is 0 Å². The summed E-state index contributed by atoms with van der Waals surface area (Å²) in [5.74, 6) is 0.907. The van der Waals surface area contributed by atoms with Crippen molar-refractivity contribution in [2.75, 3.05) is 0 Å². The third-order valence-corrected chi connectivity index (χ3v) is 2.77. The molecule has 1 nitrogen and oxygen atoms in total. The highest BCUT2D eigenvalue weighted by Crippen LogP contribution is 2.34. The highest BCUT2D eigenvalue weighted by atomic mass is 14.6. The normalized spacial score (nSPS) is 12.4. The molecule has 2 N–H and O–H groups in total. The van der Waals surface area contributed by atoms with Crippen LogP contribution in [-0.4, -0.2) is 0 Å². The number of aryl methyl sites for hydroxylation is 1. The summed E-state index contributed by atoms with van der Waals surface area (Å²) in [4.78, 5) is 0. The summed E-state index contributed by atoms with van der Waals surface area (Å²) in [6.45, 7) is 15.6. The molecular weight excluding hydrogens is 218 g/mol. The second-order valence-electron chi connectivity index (χ2n) is 4.46. The number of hydrogen-bond acceptors (Lipinski definition) is 1. The van der Waals surface area contributed by atoms with Gasteiger partial charge < -0.3 is 5.73 Å². The van der Waals surface area contributed by atoms with Crippen molar-refractivity contribution in [3.63, 3.8) is 0 Å². The number of rotatable bonds is 2. The van der Waals surface area contributed by atoms with Crippen molar-refractivity contribution in [3.8, 4) is 0 Å². The monoisotopic (exact) mass is 245 g/mol. The van der Waals surface area contributed by atoms with E-state index in [-0.39, 0.29) is 0 Å². The molecule has 0 amide bonds. The van der Waals surface area contributed by atoms with Crippen LogP contribution < -0.4 is 5.73 Å². The number of hydrogen-bond donors (Lipinski definition) is 1. The molecule has 0 aromatic heterocycles. The molecule has 0 bridgehead atoms. The molecule has 0 heterocycles. The highest BCUT2D eigenvalue weighted by Gasteiger charge is 2.20. The Morgan fingerprint density at radius 1 is 1.17 bits per heavy atom. The Morgan fingerprint density at radius 2 is 1.67 bits per heavy atom. The summed E-state index contributed by atoms with van der Waals surface area (Å²) in [5.41, 5.74) is 9.75. The molecule has 0 unspecified atom stereocenters. The maximum absolute atomic E-state index is 5.52. The molecule has 18 heavy (non-hydrogen) atoms. The summed E-state index contributed by atoms with van der Waals surface area (Å²) < 4.78 is 0. The first-order valence-corrected chi connectivity index (χ1v) is 6.68. The minimum Gasteiger partial charge on any atom is -0.399 e. The quantitative estimate of drug-likeness (QED) is 0.735. The zero-order chi connectivity index (χ0) is 14.1. The Hall–Kier alpha value is -1.50. The van der Waals surface area contributed by atoms with Gasteiger partial charge in [-0.05, 0) is 43.7 Å². The minimum absolute atomic E-state index is 0.637. The van der Waals surface area contributed by atoms with Gasteiger partial charge in [0.1, 0.15) is 0 Å². The highest BCUT2D eigenvalue weighted by molar-refractivity contribution is 5.62. The third kappa shape index (κ3) is 6.29. The van der Waals surface area contributed by atoms with Gasteiger partial charge in [-0.3, -0.25) is 0 Å². The van der Waals surface area contributed by atoms with Gasteiger partial charge >= 0.3 is 0 Å². The molecule has 2 rings (SSSR count). The van der Waals surface area contributed by atoms with Crippen molar-refractivity contribution in [2.45, 2.75) is 40.5 Å². The molecule has 1 heteroatoms. The summed E-state index contributed by atoms with van der Waals surface area (Å²) in [7, 11) is 0. The van der Waals surface area contributed by atoms with E-state index in [0.717, 1.165) is 11.5 Å².